The summed E-state index contributed by atoms with van der Waals surface area (Å²) >= 11 is 0. The molecule has 1 aliphatic heterocycles. The van der Waals surface area contributed by atoms with Gasteiger partial charge in [0.15, 0.2) is 0 Å². The molecule has 2 rings (SSSR count). The highest BCUT2D eigenvalue weighted by atomic mass is 16.6. The van der Waals surface area contributed by atoms with E-state index in [1.807, 2.05) is 12.1 Å². The van der Waals surface area contributed by atoms with Crippen LogP contribution in [0.4, 0.5) is 5.69 Å². The van der Waals surface area contributed by atoms with Crippen LogP contribution in [0.5, 0.6) is 0 Å². The minimum absolute atomic E-state index is 0.129. The van der Waals surface area contributed by atoms with E-state index < -0.39 is 0 Å². The molecule has 0 saturated carbocycles. The first-order chi connectivity index (χ1) is 9.56. The first-order valence-corrected chi connectivity index (χ1v) is 7.03. The summed E-state index contributed by atoms with van der Waals surface area (Å²) in [5, 5.41) is 10.6. The molecule has 0 aromatic heterocycles. The summed E-state index contributed by atoms with van der Waals surface area (Å²) in [7, 11) is 0. The number of likely N-dealkylation sites (tertiary alicyclic amines) is 1. The van der Waals surface area contributed by atoms with Crippen molar-refractivity contribution in [2.24, 2.45) is 0 Å². The summed E-state index contributed by atoms with van der Waals surface area (Å²) < 4.78 is 0. The largest absolute Gasteiger partial charge is 0.300 e. The van der Waals surface area contributed by atoms with E-state index in [0.717, 1.165) is 37.9 Å². The zero-order valence-electron chi connectivity index (χ0n) is 11.7. The first kappa shape index (κ1) is 14.7. The molecule has 108 valence electrons. The topological polar surface area (TPSA) is 63.5 Å². The third kappa shape index (κ3) is 3.87. The number of rotatable bonds is 6. The number of carbonyl (C=O) groups is 1. The molecule has 1 fully saturated rings. The van der Waals surface area contributed by atoms with Crippen molar-refractivity contribution in [1.29, 1.82) is 0 Å². The quantitative estimate of drug-likeness (QED) is 0.591. The Balaban J connectivity index is 1.88. The standard InChI is InChI=1S/C15H20N2O3/c1-12(18)11-15-3-2-9-16(15)10-8-13-4-6-14(7-5-13)17(19)20/h4-7,15H,2-3,8-11H2,1H3. The monoisotopic (exact) mass is 276 g/mol. The molecule has 1 unspecified atom stereocenters. The van der Waals surface area contributed by atoms with E-state index in [1.54, 1.807) is 19.1 Å². The van der Waals surface area contributed by atoms with Gasteiger partial charge in [-0.3, -0.25) is 19.8 Å². The lowest BCUT2D eigenvalue weighted by Gasteiger charge is -2.23. The molecule has 0 amide bonds. The second-order valence-corrected chi connectivity index (χ2v) is 5.41. The van der Waals surface area contributed by atoms with Crippen molar-refractivity contribution < 1.29 is 9.72 Å². The zero-order valence-corrected chi connectivity index (χ0v) is 11.7. The molecule has 20 heavy (non-hydrogen) atoms. The van der Waals surface area contributed by atoms with Gasteiger partial charge in [0.05, 0.1) is 4.92 Å². The Kier molecular flexibility index (Phi) is 4.84. The number of nitrogens with zero attached hydrogens (tertiary/aromatic N) is 2. The molecular weight excluding hydrogens is 256 g/mol. The Morgan fingerprint density at radius 2 is 2.10 bits per heavy atom. The van der Waals surface area contributed by atoms with Crippen molar-refractivity contribution in [3.8, 4) is 0 Å². The summed E-state index contributed by atoms with van der Waals surface area (Å²) in [6, 6.07) is 7.10. The molecule has 1 saturated heterocycles. The Hall–Kier alpha value is -1.75. The highest BCUT2D eigenvalue weighted by molar-refractivity contribution is 5.76. The smallest absolute Gasteiger partial charge is 0.269 e. The predicted octanol–water partition coefficient (Wildman–Crippen LogP) is 2.58. The average Bonchev–Trinajstić information content (AvgIpc) is 2.83. The maximum absolute atomic E-state index is 11.2. The van der Waals surface area contributed by atoms with E-state index in [0.29, 0.717) is 12.5 Å². The van der Waals surface area contributed by atoms with E-state index in [1.165, 1.54) is 0 Å². The predicted molar refractivity (Wildman–Crippen MR) is 76.7 cm³/mol. The maximum Gasteiger partial charge on any atom is 0.269 e. The Morgan fingerprint density at radius 1 is 1.40 bits per heavy atom. The van der Waals surface area contributed by atoms with E-state index in [4.69, 9.17) is 0 Å². The molecule has 1 aromatic carbocycles. The molecular formula is C15H20N2O3. The lowest BCUT2D eigenvalue weighted by atomic mass is 10.1. The minimum atomic E-state index is -0.382. The number of hydrogen-bond acceptors (Lipinski definition) is 4. The molecule has 0 N–H and O–H groups in total. The Morgan fingerprint density at radius 3 is 2.70 bits per heavy atom. The number of ketones is 1. The second kappa shape index (κ2) is 6.61. The van der Waals surface area contributed by atoms with Gasteiger partial charge in [0, 0.05) is 31.1 Å². The van der Waals surface area contributed by atoms with Crippen molar-refractivity contribution >= 4 is 11.5 Å². The highest BCUT2D eigenvalue weighted by Crippen LogP contribution is 2.21. The lowest BCUT2D eigenvalue weighted by molar-refractivity contribution is -0.384. The van der Waals surface area contributed by atoms with Crippen LogP contribution >= 0.6 is 0 Å². The van der Waals surface area contributed by atoms with Gasteiger partial charge in [-0.05, 0) is 38.3 Å². The normalized spacial score (nSPS) is 19.1. The van der Waals surface area contributed by atoms with Crippen molar-refractivity contribution in [2.75, 3.05) is 13.1 Å². The number of Topliss-reactive ketones (excluding diaryl/α,β-unsaturated/α-hetero) is 1. The summed E-state index contributed by atoms with van der Waals surface area (Å²) in [5.74, 6) is 0.247. The van der Waals surface area contributed by atoms with E-state index in [9.17, 15) is 14.9 Å². The fraction of sp³-hybridized carbons (Fsp3) is 0.533. The molecule has 1 heterocycles. The van der Waals surface area contributed by atoms with Gasteiger partial charge in [0.1, 0.15) is 5.78 Å². The third-order valence-corrected chi connectivity index (χ3v) is 3.86. The molecule has 0 radical (unpaired) electrons. The van der Waals surface area contributed by atoms with Gasteiger partial charge in [-0.2, -0.15) is 0 Å². The molecule has 5 nitrogen and oxygen atoms in total. The van der Waals surface area contributed by atoms with Crippen LogP contribution in [-0.4, -0.2) is 34.7 Å². The maximum atomic E-state index is 11.2. The van der Waals surface area contributed by atoms with Crippen LogP contribution in [0, 0.1) is 10.1 Å². The molecule has 1 atom stereocenters. The summed E-state index contributed by atoms with van der Waals surface area (Å²) in [5.41, 5.74) is 1.23. The van der Waals surface area contributed by atoms with Gasteiger partial charge in [-0.1, -0.05) is 12.1 Å². The zero-order chi connectivity index (χ0) is 14.5. The van der Waals surface area contributed by atoms with Crippen LogP contribution in [0.1, 0.15) is 31.7 Å². The van der Waals surface area contributed by atoms with Crippen molar-refractivity contribution in [3.05, 3.63) is 39.9 Å². The molecule has 1 aliphatic rings. The molecule has 1 aromatic rings. The number of nitro groups is 1. The van der Waals surface area contributed by atoms with Crippen molar-refractivity contribution in [1.82, 2.24) is 4.90 Å². The van der Waals surface area contributed by atoms with Gasteiger partial charge < -0.3 is 0 Å². The van der Waals surface area contributed by atoms with Crippen molar-refractivity contribution in [3.63, 3.8) is 0 Å². The SMILES string of the molecule is CC(=O)CC1CCCN1CCc1ccc([N+](=O)[O-])cc1. The average molecular weight is 276 g/mol. The lowest BCUT2D eigenvalue weighted by Crippen LogP contribution is -2.32. The van der Waals surface area contributed by atoms with Crippen LogP contribution in [-0.2, 0) is 11.2 Å². The molecule has 5 heteroatoms. The number of hydrogen-bond donors (Lipinski definition) is 0. The van der Waals surface area contributed by atoms with E-state index in [2.05, 4.69) is 4.90 Å². The second-order valence-electron chi connectivity index (χ2n) is 5.41. The fourth-order valence-corrected chi connectivity index (χ4v) is 2.81. The molecule has 0 bridgehead atoms. The van der Waals surface area contributed by atoms with Gasteiger partial charge in [0.2, 0.25) is 0 Å². The number of nitro benzene ring substituents is 1. The van der Waals surface area contributed by atoms with E-state index in [-0.39, 0.29) is 16.4 Å². The van der Waals surface area contributed by atoms with Gasteiger partial charge in [0.25, 0.3) is 5.69 Å². The fourth-order valence-electron chi connectivity index (χ4n) is 2.81. The van der Waals surface area contributed by atoms with Crippen molar-refractivity contribution in [2.45, 2.75) is 38.6 Å². The van der Waals surface area contributed by atoms with Crippen LogP contribution < -0.4 is 0 Å². The van der Waals surface area contributed by atoms with Gasteiger partial charge >= 0.3 is 0 Å². The third-order valence-electron chi connectivity index (χ3n) is 3.86. The van der Waals surface area contributed by atoms with Crippen LogP contribution in [0.2, 0.25) is 0 Å². The molecule has 0 spiro atoms. The molecule has 0 aliphatic carbocycles. The minimum Gasteiger partial charge on any atom is -0.300 e. The summed E-state index contributed by atoms with van der Waals surface area (Å²) in [6.07, 6.45) is 3.75. The number of benzene rings is 1. The number of non-ortho nitro benzene ring substituents is 1. The summed E-state index contributed by atoms with van der Waals surface area (Å²) in [4.78, 5) is 23.8. The van der Waals surface area contributed by atoms with Gasteiger partial charge in [-0.15, -0.1) is 0 Å². The van der Waals surface area contributed by atoms with Crippen LogP contribution in [0.25, 0.3) is 0 Å². The Bertz CT molecular complexity index is 484. The number of carbonyl (C=O) groups excluding carboxylic acids is 1. The first-order valence-electron chi connectivity index (χ1n) is 7.03. The summed E-state index contributed by atoms with van der Waals surface area (Å²) in [6.45, 7) is 3.60. The van der Waals surface area contributed by atoms with Crippen LogP contribution in [0.15, 0.2) is 24.3 Å². The van der Waals surface area contributed by atoms with Crippen LogP contribution in [0.3, 0.4) is 0 Å². The van der Waals surface area contributed by atoms with E-state index >= 15 is 0 Å². The van der Waals surface area contributed by atoms with Gasteiger partial charge in [-0.25, -0.2) is 0 Å². The highest BCUT2D eigenvalue weighted by Gasteiger charge is 2.24. The Labute approximate surface area is 118 Å².